The molecule has 0 radical (unpaired) electrons. The zero-order valence-electron chi connectivity index (χ0n) is 11.0. The lowest BCUT2D eigenvalue weighted by atomic mass is 10.0. The lowest BCUT2D eigenvalue weighted by Crippen LogP contribution is -2.26. The van der Waals surface area contributed by atoms with Crippen LogP contribution in [0.3, 0.4) is 0 Å². The highest BCUT2D eigenvalue weighted by Crippen LogP contribution is 2.28. The number of carboxylic acid groups (broad SMARTS) is 1. The SMILES string of the molecule is COC(C)(C)Cc1oc(-c2cccs2)nc1C(=O)O. The van der Waals surface area contributed by atoms with Crippen molar-refractivity contribution in [1.29, 1.82) is 0 Å². The van der Waals surface area contributed by atoms with Crippen molar-refractivity contribution in [3.63, 3.8) is 0 Å². The van der Waals surface area contributed by atoms with E-state index in [4.69, 9.17) is 9.15 Å². The Morgan fingerprint density at radius 1 is 1.58 bits per heavy atom. The van der Waals surface area contributed by atoms with Gasteiger partial charge in [0.2, 0.25) is 5.89 Å². The fraction of sp³-hybridized carbons (Fsp3) is 0.385. The topological polar surface area (TPSA) is 72.6 Å². The van der Waals surface area contributed by atoms with E-state index in [1.54, 1.807) is 7.11 Å². The predicted octanol–water partition coefficient (Wildman–Crippen LogP) is 3.07. The molecule has 0 amide bonds. The number of rotatable bonds is 5. The summed E-state index contributed by atoms with van der Waals surface area (Å²) >= 11 is 1.45. The number of ether oxygens (including phenoxy) is 1. The van der Waals surface area contributed by atoms with Crippen molar-refractivity contribution in [1.82, 2.24) is 4.98 Å². The highest BCUT2D eigenvalue weighted by molar-refractivity contribution is 7.13. The fourth-order valence-corrected chi connectivity index (χ4v) is 2.25. The third-order valence-corrected chi connectivity index (χ3v) is 3.63. The second kappa shape index (κ2) is 5.14. The second-order valence-corrected chi connectivity index (χ2v) is 5.66. The summed E-state index contributed by atoms with van der Waals surface area (Å²) in [6, 6.07) is 3.71. The molecule has 102 valence electrons. The van der Waals surface area contributed by atoms with Gasteiger partial charge in [-0.1, -0.05) is 6.07 Å². The molecule has 2 heterocycles. The number of thiophene rings is 1. The molecule has 0 aliphatic rings. The molecule has 0 spiro atoms. The fourth-order valence-electron chi connectivity index (χ4n) is 1.60. The number of hydrogen-bond donors (Lipinski definition) is 1. The van der Waals surface area contributed by atoms with Crippen molar-refractivity contribution in [2.24, 2.45) is 0 Å². The standard InChI is InChI=1S/C13H15NO4S/c1-13(2,17-3)7-8-10(12(15)16)14-11(18-8)9-5-4-6-19-9/h4-6H,7H2,1-3H3,(H,15,16). The minimum absolute atomic E-state index is 0.0477. The van der Waals surface area contributed by atoms with Crippen LogP contribution in [-0.2, 0) is 11.2 Å². The molecule has 0 unspecified atom stereocenters. The van der Waals surface area contributed by atoms with Crippen LogP contribution >= 0.6 is 11.3 Å². The Hall–Kier alpha value is -1.66. The van der Waals surface area contributed by atoms with E-state index in [2.05, 4.69) is 4.98 Å². The Bertz CT molecular complexity index is 571. The van der Waals surface area contributed by atoms with Crippen LogP contribution in [0.1, 0.15) is 30.1 Å². The first-order valence-electron chi connectivity index (χ1n) is 5.75. The van der Waals surface area contributed by atoms with Crippen LogP contribution in [0.5, 0.6) is 0 Å². The smallest absolute Gasteiger partial charge is 0.358 e. The van der Waals surface area contributed by atoms with Crippen LogP contribution in [0.25, 0.3) is 10.8 Å². The first-order valence-corrected chi connectivity index (χ1v) is 6.63. The molecule has 2 aromatic rings. The zero-order chi connectivity index (χ0) is 14.0. The van der Waals surface area contributed by atoms with Gasteiger partial charge in [0.15, 0.2) is 5.69 Å². The molecule has 0 aromatic carbocycles. The number of aromatic carboxylic acids is 1. The number of carboxylic acids is 1. The molecule has 0 saturated carbocycles. The van der Waals surface area contributed by atoms with E-state index in [0.717, 1.165) is 4.88 Å². The van der Waals surface area contributed by atoms with Gasteiger partial charge in [-0.25, -0.2) is 9.78 Å². The average molecular weight is 281 g/mol. The number of hydrogen-bond acceptors (Lipinski definition) is 5. The van der Waals surface area contributed by atoms with Crippen molar-refractivity contribution in [2.45, 2.75) is 25.9 Å². The normalized spacial score (nSPS) is 11.7. The number of carbonyl (C=O) groups is 1. The molecule has 0 saturated heterocycles. The van der Waals surface area contributed by atoms with Gasteiger partial charge in [-0.05, 0) is 25.3 Å². The zero-order valence-corrected chi connectivity index (χ0v) is 11.8. The molecule has 0 atom stereocenters. The molecule has 19 heavy (non-hydrogen) atoms. The monoisotopic (exact) mass is 281 g/mol. The van der Waals surface area contributed by atoms with Gasteiger partial charge in [0.05, 0.1) is 10.5 Å². The third kappa shape index (κ3) is 3.02. The maximum Gasteiger partial charge on any atom is 0.358 e. The molecule has 5 nitrogen and oxygen atoms in total. The Kier molecular flexibility index (Phi) is 3.73. The van der Waals surface area contributed by atoms with E-state index < -0.39 is 11.6 Å². The lowest BCUT2D eigenvalue weighted by Gasteiger charge is -2.21. The van der Waals surface area contributed by atoms with Crippen LogP contribution in [-0.4, -0.2) is 28.8 Å². The molecule has 2 rings (SSSR count). The van der Waals surface area contributed by atoms with Gasteiger partial charge in [0, 0.05) is 13.5 Å². The van der Waals surface area contributed by atoms with Gasteiger partial charge in [-0.15, -0.1) is 11.3 Å². The maximum atomic E-state index is 11.2. The van der Waals surface area contributed by atoms with Crippen LogP contribution in [0.2, 0.25) is 0 Å². The summed E-state index contributed by atoms with van der Waals surface area (Å²) in [5.41, 5.74) is -0.551. The van der Waals surface area contributed by atoms with E-state index in [1.807, 2.05) is 31.4 Å². The molecule has 6 heteroatoms. The van der Waals surface area contributed by atoms with Crippen molar-refractivity contribution < 1.29 is 19.1 Å². The van der Waals surface area contributed by atoms with Crippen LogP contribution in [0.15, 0.2) is 21.9 Å². The second-order valence-electron chi connectivity index (χ2n) is 4.71. The summed E-state index contributed by atoms with van der Waals surface area (Å²) in [6.07, 6.45) is 0.351. The van der Waals surface area contributed by atoms with Gasteiger partial charge >= 0.3 is 5.97 Å². The van der Waals surface area contributed by atoms with Crippen molar-refractivity contribution in [2.75, 3.05) is 7.11 Å². The molecule has 0 aliphatic carbocycles. The summed E-state index contributed by atoms with van der Waals surface area (Å²) in [4.78, 5) is 16.1. The third-order valence-electron chi connectivity index (χ3n) is 2.77. The summed E-state index contributed by atoms with van der Waals surface area (Å²) in [5.74, 6) is -0.412. The van der Waals surface area contributed by atoms with Crippen molar-refractivity contribution in [3.8, 4) is 10.8 Å². The highest BCUT2D eigenvalue weighted by atomic mass is 32.1. The highest BCUT2D eigenvalue weighted by Gasteiger charge is 2.27. The Balaban J connectivity index is 2.39. The van der Waals surface area contributed by atoms with E-state index in [1.165, 1.54) is 11.3 Å². The molecule has 0 aliphatic heterocycles. The minimum atomic E-state index is -1.09. The van der Waals surface area contributed by atoms with E-state index >= 15 is 0 Å². The summed E-state index contributed by atoms with van der Waals surface area (Å²) in [5, 5.41) is 11.1. The van der Waals surface area contributed by atoms with Gasteiger partial charge in [-0.2, -0.15) is 0 Å². The first-order chi connectivity index (χ1) is 8.93. The Labute approximate surface area is 114 Å². The molecular formula is C13H15NO4S. The largest absolute Gasteiger partial charge is 0.476 e. The predicted molar refractivity (Wildman–Crippen MR) is 71.6 cm³/mol. The van der Waals surface area contributed by atoms with Crippen LogP contribution < -0.4 is 0 Å². The summed E-state index contributed by atoms with van der Waals surface area (Å²) in [6.45, 7) is 3.73. The molecule has 0 fully saturated rings. The molecular weight excluding hydrogens is 266 g/mol. The van der Waals surface area contributed by atoms with Gasteiger partial charge < -0.3 is 14.3 Å². The maximum absolute atomic E-state index is 11.2. The van der Waals surface area contributed by atoms with E-state index in [-0.39, 0.29) is 5.69 Å². The van der Waals surface area contributed by atoms with Crippen molar-refractivity contribution in [3.05, 3.63) is 29.0 Å². The number of oxazole rings is 1. The van der Waals surface area contributed by atoms with Crippen LogP contribution in [0.4, 0.5) is 0 Å². The van der Waals surface area contributed by atoms with E-state index in [0.29, 0.717) is 18.1 Å². The van der Waals surface area contributed by atoms with Gasteiger partial charge in [0.1, 0.15) is 5.76 Å². The first kappa shape index (κ1) is 13.8. The lowest BCUT2D eigenvalue weighted by molar-refractivity contribution is 0.0189. The minimum Gasteiger partial charge on any atom is -0.476 e. The molecule has 2 aromatic heterocycles. The number of aromatic nitrogens is 1. The van der Waals surface area contributed by atoms with Crippen LogP contribution in [0, 0.1) is 0 Å². The summed E-state index contributed by atoms with van der Waals surface area (Å²) < 4.78 is 10.9. The Morgan fingerprint density at radius 2 is 2.32 bits per heavy atom. The van der Waals surface area contributed by atoms with Crippen molar-refractivity contribution >= 4 is 17.3 Å². The van der Waals surface area contributed by atoms with Gasteiger partial charge in [-0.3, -0.25) is 0 Å². The summed E-state index contributed by atoms with van der Waals surface area (Å²) in [7, 11) is 1.58. The molecule has 1 N–H and O–H groups in total. The average Bonchev–Trinajstić information content (AvgIpc) is 2.96. The molecule has 0 bridgehead atoms. The van der Waals surface area contributed by atoms with Gasteiger partial charge in [0.25, 0.3) is 0 Å². The number of methoxy groups -OCH3 is 1. The van der Waals surface area contributed by atoms with E-state index in [9.17, 15) is 9.90 Å². The Morgan fingerprint density at radius 3 is 2.84 bits per heavy atom. The quantitative estimate of drug-likeness (QED) is 0.911. The number of nitrogens with zero attached hydrogens (tertiary/aromatic N) is 1.